The lowest BCUT2D eigenvalue weighted by Crippen LogP contribution is -2.48. The number of likely N-dealkylation sites (N-methyl/N-ethyl adjacent to an activating group) is 1. The highest BCUT2D eigenvalue weighted by molar-refractivity contribution is 4.82. The van der Waals surface area contributed by atoms with Gasteiger partial charge in [0, 0.05) is 25.7 Å². The summed E-state index contributed by atoms with van der Waals surface area (Å²) in [5.74, 6) is 0.512. The fraction of sp³-hybridized carbons (Fsp3) is 1.00. The zero-order valence-corrected chi connectivity index (χ0v) is 11.8. The van der Waals surface area contributed by atoms with Crippen molar-refractivity contribution in [3.8, 4) is 0 Å². The van der Waals surface area contributed by atoms with Crippen LogP contribution < -0.4 is 5.73 Å². The Morgan fingerprint density at radius 1 is 1.24 bits per heavy atom. The van der Waals surface area contributed by atoms with Crippen LogP contribution in [0.5, 0.6) is 0 Å². The third-order valence-electron chi connectivity index (χ3n) is 4.25. The summed E-state index contributed by atoms with van der Waals surface area (Å²) in [5, 5.41) is 0. The van der Waals surface area contributed by atoms with Gasteiger partial charge in [-0.15, -0.1) is 0 Å². The minimum Gasteiger partial charge on any atom is -0.384 e. The second kappa shape index (κ2) is 8.06. The van der Waals surface area contributed by atoms with Gasteiger partial charge in [-0.05, 0) is 25.8 Å². The molecule has 1 fully saturated rings. The van der Waals surface area contributed by atoms with E-state index in [0.29, 0.717) is 12.0 Å². The molecule has 0 aromatic rings. The number of rotatable bonds is 6. The Bertz CT molecular complexity index is 191. The van der Waals surface area contributed by atoms with Crippen molar-refractivity contribution >= 4 is 0 Å². The van der Waals surface area contributed by atoms with Crippen molar-refractivity contribution in [2.45, 2.75) is 57.5 Å². The summed E-state index contributed by atoms with van der Waals surface area (Å²) in [6, 6.07) is 1.18. The van der Waals surface area contributed by atoms with Crippen molar-refractivity contribution in [1.29, 1.82) is 0 Å². The van der Waals surface area contributed by atoms with Crippen molar-refractivity contribution in [2.24, 2.45) is 11.7 Å². The summed E-state index contributed by atoms with van der Waals surface area (Å²) in [6.07, 6.45) is 8.26. The van der Waals surface area contributed by atoms with Crippen molar-refractivity contribution in [3.63, 3.8) is 0 Å². The summed E-state index contributed by atoms with van der Waals surface area (Å²) in [6.45, 7) is 3.78. The van der Waals surface area contributed by atoms with Crippen LogP contribution in [0.3, 0.4) is 0 Å². The highest BCUT2D eigenvalue weighted by atomic mass is 16.5. The largest absolute Gasteiger partial charge is 0.384 e. The monoisotopic (exact) mass is 242 g/mol. The lowest BCUT2D eigenvalue weighted by molar-refractivity contribution is 0.0714. The van der Waals surface area contributed by atoms with Gasteiger partial charge in [-0.1, -0.05) is 32.6 Å². The molecule has 1 aliphatic carbocycles. The topological polar surface area (TPSA) is 38.5 Å². The van der Waals surface area contributed by atoms with Crippen LogP contribution in [0.15, 0.2) is 0 Å². The molecule has 0 spiro atoms. The first-order valence-electron chi connectivity index (χ1n) is 7.11. The normalized spacial score (nSPS) is 22.4. The van der Waals surface area contributed by atoms with Gasteiger partial charge in [0.05, 0.1) is 6.61 Å². The number of ether oxygens (including phenoxy) is 1. The summed E-state index contributed by atoms with van der Waals surface area (Å²) >= 11 is 0. The highest BCUT2D eigenvalue weighted by Crippen LogP contribution is 2.24. The van der Waals surface area contributed by atoms with E-state index in [9.17, 15) is 0 Å². The van der Waals surface area contributed by atoms with Crippen molar-refractivity contribution in [2.75, 3.05) is 27.3 Å². The predicted molar refractivity (Wildman–Crippen MR) is 73.1 cm³/mol. The molecule has 0 heterocycles. The van der Waals surface area contributed by atoms with Gasteiger partial charge in [0.2, 0.25) is 0 Å². The average molecular weight is 242 g/mol. The van der Waals surface area contributed by atoms with Crippen LogP contribution in [-0.2, 0) is 4.74 Å². The second-order valence-corrected chi connectivity index (χ2v) is 5.55. The van der Waals surface area contributed by atoms with Crippen LogP contribution in [0, 0.1) is 5.92 Å². The smallest absolute Gasteiger partial charge is 0.0503 e. The molecule has 1 saturated carbocycles. The van der Waals surface area contributed by atoms with E-state index in [1.165, 1.54) is 38.5 Å². The first kappa shape index (κ1) is 14.9. The molecule has 3 nitrogen and oxygen atoms in total. The molecule has 3 heteroatoms. The minimum absolute atomic E-state index is 0.457. The number of methoxy groups -OCH3 is 1. The van der Waals surface area contributed by atoms with E-state index in [-0.39, 0.29) is 0 Å². The zero-order valence-electron chi connectivity index (χ0n) is 11.8. The molecule has 17 heavy (non-hydrogen) atoms. The molecule has 1 rings (SSSR count). The van der Waals surface area contributed by atoms with E-state index in [0.717, 1.165) is 19.2 Å². The Kier molecular flexibility index (Phi) is 7.09. The van der Waals surface area contributed by atoms with Crippen molar-refractivity contribution in [3.05, 3.63) is 0 Å². The number of hydrogen-bond acceptors (Lipinski definition) is 3. The van der Waals surface area contributed by atoms with Gasteiger partial charge in [0.15, 0.2) is 0 Å². The Balaban J connectivity index is 2.53. The molecule has 102 valence electrons. The maximum absolute atomic E-state index is 5.95. The van der Waals surface area contributed by atoms with Gasteiger partial charge in [0.25, 0.3) is 0 Å². The fourth-order valence-corrected chi connectivity index (χ4v) is 3.11. The van der Waals surface area contributed by atoms with Crippen LogP contribution in [0.4, 0.5) is 0 Å². The molecule has 0 aromatic carbocycles. The summed E-state index contributed by atoms with van der Waals surface area (Å²) in [4.78, 5) is 2.52. The van der Waals surface area contributed by atoms with Crippen LogP contribution in [0.25, 0.3) is 0 Å². The fourth-order valence-electron chi connectivity index (χ4n) is 3.11. The van der Waals surface area contributed by atoms with Gasteiger partial charge in [-0.2, -0.15) is 0 Å². The van der Waals surface area contributed by atoms with Crippen LogP contribution in [0.2, 0.25) is 0 Å². The van der Waals surface area contributed by atoms with Crippen LogP contribution >= 0.6 is 0 Å². The Morgan fingerprint density at radius 3 is 2.29 bits per heavy atom. The van der Waals surface area contributed by atoms with E-state index < -0.39 is 0 Å². The van der Waals surface area contributed by atoms with E-state index in [1.54, 1.807) is 7.11 Å². The molecular formula is C14H30N2O. The molecule has 0 aromatic heterocycles. The quantitative estimate of drug-likeness (QED) is 0.726. The lowest BCUT2D eigenvalue weighted by atomic mass is 9.97. The molecule has 0 radical (unpaired) electrons. The Hall–Kier alpha value is -0.120. The number of nitrogens with zero attached hydrogens (tertiary/aromatic N) is 1. The molecule has 2 atom stereocenters. The lowest BCUT2D eigenvalue weighted by Gasteiger charge is -2.37. The zero-order chi connectivity index (χ0) is 12.7. The van der Waals surface area contributed by atoms with E-state index in [2.05, 4.69) is 18.9 Å². The Morgan fingerprint density at radius 2 is 1.82 bits per heavy atom. The maximum atomic E-state index is 5.95. The molecule has 0 amide bonds. The minimum atomic E-state index is 0.457. The summed E-state index contributed by atoms with van der Waals surface area (Å²) < 4.78 is 5.27. The molecule has 0 saturated heterocycles. The van der Waals surface area contributed by atoms with Gasteiger partial charge in [0.1, 0.15) is 0 Å². The van der Waals surface area contributed by atoms with E-state index in [1.807, 2.05) is 0 Å². The molecule has 2 unspecified atom stereocenters. The van der Waals surface area contributed by atoms with Gasteiger partial charge < -0.3 is 10.5 Å². The summed E-state index contributed by atoms with van der Waals surface area (Å²) in [5.41, 5.74) is 5.95. The molecule has 0 aliphatic heterocycles. The standard InChI is InChI=1S/C14H30N2O/c1-12(11-17-3)14(10-15)16(2)13-8-6-4-5-7-9-13/h12-14H,4-11,15H2,1-3H3. The van der Waals surface area contributed by atoms with Crippen molar-refractivity contribution < 1.29 is 4.74 Å². The van der Waals surface area contributed by atoms with E-state index >= 15 is 0 Å². The molecule has 1 aliphatic rings. The summed E-state index contributed by atoms with van der Waals surface area (Å²) in [7, 11) is 4.02. The SMILES string of the molecule is COCC(C)C(CN)N(C)C1CCCCCC1. The first-order chi connectivity index (χ1) is 8.20. The van der Waals surface area contributed by atoms with Gasteiger partial charge in [-0.25, -0.2) is 0 Å². The maximum Gasteiger partial charge on any atom is 0.0503 e. The third-order valence-corrected chi connectivity index (χ3v) is 4.25. The van der Waals surface area contributed by atoms with Gasteiger partial charge in [-0.3, -0.25) is 4.90 Å². The predicted octanol–water partition coefficient (Wildman–Crippen LogP) is 2.25. The second-order valence-electron chi connectivity index (χ2n) is 5.55. The Labute approximate surface area is 107 Å². The average Bonchev–Trinajstić information content (AvgIpc) is 2.58. The van der Waals surface area contributed by atoms with Gasteiger partial charge >= 0.3 is 0 Å². The van der Waals surface area contributed by atoms with Crippen molar-refractivity contribution in [1.82, 2.24) is 4.90 Å². The van der Waals surface area contributed by atoms with Crippen LogP contribution in [-0.4, -0.2) is 44.3 Å². The van der Waals surface area contributed by atoms with Crippen LogP contribution in [0.1, 0.15) is 45.4 Å². The third kappa shape index (κ3) is 4.57. The van der Waals surface area contributed by atoms with E-state index in [4.69, 9.17) is 10.5 Å². The highest BCUT2D eigenvalue weighted by Gasteiger charge is 2.26. The molecule has 0 bridgehead atoms. The number of nitrogens with two attached hydrogens (primary N) is 1. The molecule has 2 N–H and O–H groups in total. The first-order valence-corrected chi connectivity index (χ1v) is 7.11. The number of hydrogen-bond donors (Lipinski definition) is 1. The molecular weight excluding hydrogens is 212 g/mol.